The second-order valence-corrected chi connectivity index (χ2v) is 13.9. The number of hydrogen-bond donors (Lipinski definition) is 6. The maximum Gasteiger partial charge on any atom is 0.472 e. The Morgan fingerprint density at radius 3 is 2.69 bits per heavy atom. The number of phosphoric ester groups is 1. The fourth-order valence-electron chi connectivity index (χ4n) is 5.05. The minimum atomic E-state index is -4.97. The van der Waals surface area contributed by atoms with E-state index in [-0.39, 0.29) is 29.5 Å². The molecule has 0 amide bonds. The monoisotopic (exact) mass is 651 g/mol. The Morgan fingerprint density at radius 2 is 1.93 bits per heavy atom. The number of aliphatic hydroxyl groups excluding tert-OH is 1. The first kappa shape index (κ1) is 29.5. The smallest absolute Gasteiger partial charge is 0.387 e. The predicted octanol–water partition coefficient (Wildman–Crippen LogP) is -0.0607. The number of alkyl halides is 1. The molecule has 23 heteroatoms. The summed E-state index contributed by atoms with van der Waals surface area (Å²) in [5.74, 6) is -1.13. The van der Waals surface area contributed by atoms with Crippen LogP contribution in [0.25, 0.3) is 11.2 Å². The summed E-state index contributed by atoms with van der Waals surface area (Å²) in [6.45, 7) is -5.58. The molecule has 3 fully saturated rings. The van der Waals surface area contributed by atoms with Gasteiger partial charge in [-0.25, -0.2) is 33.5 Å². The third kappa shape index (κ3) is 5.81. The molecule has 1 saturated carbocycles. The topological polar surface area (TPSA) is 261 Å². The van der Waals surface area contributed by atoms with Crippen molar-refractivity contribution in [3.05, 3.63) is 29.3 Å². The van der Waals surface area contributed by atoms with Gasteiger partial charge in [-0.05, 0) is 6.42 Å². The van der Waals surface area contributed by atoms with Crippen LogP contribution in [0.4, 0.5) is 16.3 Å². The Balaban J connectivity index is 1.29. The van der Waals surface area contributed by atoms with E-state index in [1.807, 2.05) is 0 Å². The highest BCUT2D eigenvalue weighted by molar-refractivity contribution is 8.44. The average molecular weight is 651 g/mol. The number of ether oxygens (including phenoxy) is 1. The molecule has 1 aliphatic carbocycles. The van der Waals surface area contributed by atoms with E-state index in [9.17, 15) is 23.9 Å². The van der Waals surface area contributed by atoms with Gasteiger partial charge in [-0.2, -0.15) is 4.98 Å². The Labute approximate surface area is 239 Å². The van der Waals surface area contributed by atoms with Gasteiger partial charge in [-0.3, -0.25) is 27.9 Å². The standard InChI is InChI=1S/C19H24FN9O10P2S/c20-10-8(26-19-23-4-22-5-24-19)1-7-2-36-41(34,42)39-14-12(30)9(3-35-40(32,33)38-13(7)10)37-17(14)29-6-25-11-15(29)27-18(21)28-16(11)31/h4-10,12-14,17,30H,1-3H2,(H,32,33)(H,34,42)(H3,21,27,28,31)(H,22,23,24,26)/t7-,8-,9-,10+,12-,13-,14-,17-,41?/m1/s1. The first-order chi connectivity index (χ1) is 19.9. The van der Waals surface area contributed by atoms with E-state index in [0.717, 1.165) is 6.33 Å². The molecule has 2 saturated heterocycles. The normalized spacial score (nSPS) is 39.2. The van der Waals surface area contributed by atoms with Crippen molar-refractivity contribution in [2.24, 2.45) is 5.92 Å². The van der Waals surface area contributed by atoms with Gasteiger partial charge in [0.15, 0.2) is 17.4 Å². The van der Waals surface area contributed by atoms with Crippen molar-refractivity contribution in [3.63, 3.8) is 0 Å². The third-order valence-corrected chi connectivity index (χ3v) is 9.53. The lowest BCUT2D eigenvalue weighted by molar-refractivity contribution is -0.0552. The number of aliphatic hydroxyl groups is 1. The van der Waals surface area contributed by atoms with Crippen LogP contribution in [0.5, 0.6) is 0 Å². The van der Waals surface area contributed by atoms with Crippen LogP contribution in [0.2, 0.25) is 0 Å². The van der Waals surface area contributed by atoms with Crippen LogP contribution in [-0.2, 0) is 32.0 Å². The van der Waals surface area contributed by atoms with Crippen molar-refractivity contribution in [2.45, 2.75) is 49.3 Å². The molecule has 6 rings (SSSR count). The number of thiol groups is 1. The Kier molecular flexibility index (Phi) is 7.84. The van der Waals surface area contributed by atoms with Gasteiger partial charge in [-0.1, -0.05) is 12.2 Å². The number of hydrogen-bond acceptors (Lipinski definition) is 16. The van der Waals surface area contributed by atoms with E-state index >= 15 is 4.39 Å². The number of H-pyrrole nitrogens is 1. The molecule has 2 aliphatic heterocycles. The van der Waals surface area contributed by atoms with Crippen LogP contribution < -0.4 is 16.6 Å². The highest BCUT2D eigenvalue weighted by Gasteiger charge is 2.53. The lowest BCUT2D eigenvalue weighted by Gasteiger charge is -2.26. The van der Waals surface area contributed by atoms with Crippen LogP contribution >= 0.6 is 26.9 Å². The maximum atomic E-state index is 15.5. The van der Waals surface area contributed by atoms with Gasteiger partial charge in [0.2, 0.25) is 11.9 Å². The molecular formula is C19H24FN9O10P2S. The van der Waals surface area contributed by atoms with Crippen molar-refractivity contribution < 1.29 is 46.4 Å². The molecule has 2 bridgehead atoms. The Bertz CT molecular complexity index is 1620. The second-order valence-electron chi connectivity index (χ2n) is 9.65. The van der Waals surface area contributed by atoms with Crippen LogP contribution in [0.3, 0.4) is 0 Å². The summed E-state index contributed by atoms with van der Waals surface area (Å²) < 4.78 is 70.2. The molecule has 10 atom stereocenters. The number of nitrogens with two attached hydrogens (primary N) is 1. The number of nitrogen functional groups attached to an aromatic ring is 1. The number of nitrogens with one attached hydrogen (secondary N) is 2. The number of fused-ring (bicyclic) bond motifs is 4. The quantitative estimate of drug-likeness (QED) is 0.160. The summed E-state index contributed by atoms with van der Waals surface area (Å²) >= 11 is 4.03. The van der Waals surface area contributed by atoms with Crippen LogP contribution in [0.15, 0.2) is 23.8 Å². The van der Waals surface area contributed by atoms with Gasteiger partial charge in [0.1, 0.15) is 43.2 Å². The number of phosphoric acid groups is 1. The van der Waals surface area contributed by atoms with E-state index in [1.165, 1.54) is 17.2 Å². The molecule has 3 aromatic rings. The van der Waals surface area contributed by atoms with Crippen molar-refractivity contribution >= 4 is 49.9 Å². The number of imidazole rings is 1. The van der Waals surface area contributed by atoms with Crippen LogP contribution in [0, 0.1) is 5.92 Å². The van der Waals surface area contributed by atoms with Gasteiger partial charge >= 0.3 is 14.6 Å². The number of aromatic amines is 1. The summed E-state index contributed by atoms with van der Waals surface area (Å²) in [6, 6.07) is -0.998. The molecule has 0 aromatic carbocycles. The summed E-state index contributed by atoms with van der Waals surface area (Å²) in [5, 5.41) is 13.8. The number of aromatic nitrogens is 7. The molecular weight excluding hydrogens is 627 g/mol. The molecule has 42 heavy (non-hydrogen) atoms. The van der Waals surface area contributed by atoms with Gasteiger partial charge in [0, 0.05) is 5.92 Å². The molecule has 6 N–H and O–H groups in total. The summed E-state index contributed by atoms with van der Waals surface area (Å²) in [4.78, 5) is 44.5. The molecule has 0 spiro atoms. The van der Waals surface area contributed by atoms with E-state index < -0.39 is 82.2 Å². The van der Waals surface area contributed by atoms with Crippen LogP contribution in [-0.4, -0.2) is 94.3 Å². The fourth-order valence-corrected chi connectivity index (χ4v) is 7.55. The molecule has 3 aliphatic rings. The van der Waals surface area contributed by atoms with Crippen molar-refractivity contribution in [1.82, 2.24) is 34.5 Å². The number of nitrogens with zero attached hydrogens (tertiary/aromatic N) is 6. The summed E-state index contributed by atoms with van der Waals surface area (Å²) in [6.07, 6.45) is -5.81. The maximum absolute atomic E-state index is 15.5. The highest BCUT2D eigenvalue weighted by Crippen LogP contribution is 2.58. The zero-order valence-electron chi connectivity index (χ0n) is 21.1. The predicted molar refractivity (Wildman–Crippen MR) is 141 cm³/mol. The number of anilines is 2. The Morgan fingerprint density at radius 1 is 1.17 bits per heavy atom. The van der Waals surface area contributed by atoms with Gasteiger partial charge < -0.3 is 30.3 Å². The second kappa shape index (κ2) is 11.2. The minimum Gasteiger partial charge on any atom is -0.387 e. The average Bonchev–Trinajstić information content (AvgIpc) is 3.57. The molecule has 0 radical (unpaired) electrons. The summed E-state index contributed by atoms with van der Waals surface area (Å²) in [7, 11) is -4.97. The SMILES string of the molecule is Nc1nc2c(ncn2[C@@H]2O[C@@H]3COP(=O)(O)O[C@@H]4[C@@H](COP(=O)(S)O[C@@H]2[C@@H]3O)C[C@@H](Nc2ncncn2)[C@@H]4F)c(=O)[nH]1. The van der Waals surface area contributed by atoms with Gasteiger partial charge in [-0.15, -0.1) is 0 Å². The van der Waals surface area contributed by atoms with Crippen molar-refractivity contribution in [2.75, 3.05) is 24.3 Å². The molecule has 3 aromatic heterocycles. The van der Waals surface area contributed by atoms with E-state index in [1.54, 1.807) is 0 Å². The fraction of sp³-hybridized carbons (Fsp3) is 0.579. The third-order valence-electron chi connectivity index (χ3n) is 6.93. The first-order valence-corrected chi connectivity index (χ1v) is 16.5. The molecule has 5 heterocycles. The zero-order valence-corrected chi connectivity index (χ0v) is 23.8. The van der Waals surface area contributed by atoms with E-state index in [0.29, 0.717) is 0 Å². The van der Waals surface area contributed by atoms with E-state index in [2.05, 4.69) is 47.5 Å². The number of rotatable bonds is 3. The lowest BCUT2D eigenvalue weighted by atomic mass is 10.1. The largest absolute Gasteiger partial charge is 0.472 e. The van der Waals surface area contributed by atoms with Crippen molar-refractivity contribution in [3.8, 4) is 0 Å². The van der Waals surface area contributed by atoms with Crippen molar-refractivity contribution in [1.29, 1.82) is 0 Å². The zero-order chi connectivity index (χ0) is 29.8. The minimum absolute atomic E-state index is 0.0334. The van der Waals surface area contributed by atoms with Gasteiger partial charge in [0.05, 0.1) is 25.6 Å². The molecule has 228 valence electrons. The molecule has 19 nitrogen and oxygen atoms in total. The summed E-state index contributed by atoms with van der Waals surface area (Å²) in [5.41, 5.74) is 4.83. The molecule has 2 unspecified atom stereocenters. The van der Waals surface area contributed by atoms with E-state index in [4.69, 9.17) is 28.6 Å². The Hall–Kier alpha value is -2.58. The number of halogens is 1. The highest BCUT2D eigenvalue weighted by atomic mass is 32.7. The van der Waals surface area contributed by atoms with Gasteiger partial charge in [0.25, 0.3) is 5.56 Å². The van der Waals surface area contributed by atoms with Crippen LogP contribution in [0.1, 0.15) is 12.6 Å². The lowest BCUT2D eigenvalue weighted by Crippen LogP contribution is -2.35. The first-order valence-electron chi connectivity index (χ1n) is 12.3.